The van der Waals surface area contributed by atoms with Gasteiger partial charge in [0.25, 0.3) is 5.91 Å². The van der Waals surface area contributed by atoms with Crippen molar-refractivity contribution in [1.82, 2.24) is 15.4 Å². The fourth-order valence-electron chi connectivity index (χ4n) is 7.91. The van der Waals surface area contributed by atoms with Crippen LogP contribution in [0.3, 0.4) is 0 Å². The number of carbonyl (C=O) groups is 3. The van der Waals surface area contributed by atoms with E-state index in [9.17, 15) is 19.6 Å². The molecule has 3 aliphatic rings. The van der Waals surface area contributed by atoms with E-state index in [1.165, 1.54) is 11.0 Å². The zero-order valence-corrected chi connectivity index (χ0v) is 30.1. The maximum Gasteiger partial charge on any atom is 0.255 e. The summed E-state index contributed by atoms with van der Waals surface area (Å²) in [6.07, 6.45) is 4.32. The molecule has 4 aromatic rings. The quantitative estimate of drug-likeness (QED) is 0.168. The molecule has 7 rings (SSSR count). The van der Waals surface area contributed by atoms with Crippen LogP contribution in [0.2, 0.25) is 5.02 Å². The van der Waals surface area contributed by atoms with Gasteiger partial charge in [-0.2, -0.15) is 5.26 Å². The van der Waals surface area contributed by atoms with Crippen LogP contribution in [0.15, 0.2) is 53.1 Å². The monoisotopic (exact) mass is 722 g/mol. The Morgan fingerprint density at radius 3 is 2.50 bits per heavy atom. The van der Waals surface area contributed by atoms with Crippen molar-refractivity contribution in [2.75, 3.05) is 23.3 Å². The predicted molar refractivity (Wildman–Crippen MR) is 196 cm³/mol. The normalized spacial score (nSPS) is 20.0. The number of nitrogens with one attached hydrogen (secondary N) is 2. The Bertz CT molecular complexity index is 2100. The smallest absolute Gasteiger partial charge is 0.255 e. The molecule has 268 valence electrons. The van der Waals surface area contributed by atoms with Gasteiger partial charge in [-0.15, -0.1) is 0 Å². The van der Waals surface area contributed by atoms with Crippen molar-refractivity contribution in [3.8, 4) is 17.2 Å². The van der Waals surface area contributed by atoms with Crippen LogP contribution >= 0.6 is 11.6 Å². The summed E-state index contributed by atoms with van der Waals surface area (Å²) in [4.78, 5) is 40.8. The lowest BCUT2D eigenvalue weighted by molar-refractivity contribution is -0.136. The topological polar surface area (TPSA) is 132 Å². The lowest BCUT2D eigenvalue weighted by atomic mass is 9.81. The Morgan fingerprint density at radius 1 is 1.04 bits per heavy atom. The number of aryl methyl sites for hydroxylation is 3. The Labute approximate surface area is 306 Å². The van der Waals surface area contributed by atoms with Gasteiger partial charge in [-0.1, -0.05) is 28.9 Å². The third-order valence-electron chi connectivity index (χ3n) is 10.8. The van der Waals surface area contributed by atoms with Crippen molar-refractivity contribution in [3.05, 3.63) is 93.1 Å². The summed E-state index contributed by atoms with van der Waals surface area (Å²) < 4.78 is 20.7. The molecule has 10 nitrogen and oxygen atoms in total. The lowest BCUT2D eigenvalue weighted by Gasteiger charge is -2.35. The minimum Gasteiger partial charge on any atom is -0.382 e. The van der Waals surface area contributed by atoms with E-state index >= 15 is 4.39 Å². The number of benzene rings is 3. The first-order chi connectivity index (χ1) is 25.0. The summed E-state index contributed by atoms with van der Waals surface area (Å²) in [5.74, 6) is -0.249. The van der Waals surface area contributed by atoms with Gasteiger partial charge in [0.1, 0.15) is 23.7 Å². The number of aromatic nitrogens is 1. The van der Waals surface area contributed by atoms with E-state index in [4.69, 9.17) is 16.1 Å². The molecule has 3 amide bonds. The van der Waals surface area contributed by atoms with Crippen LogP contribution in [0.4, 0.5) is 21.5 Å². The van der Waals surface area contributed by atoms with Gasteiger partial charge < -0.3 is 19.6 Å². The summed E-state index contributed by atoms with van der Waals surface area (Å²) >= 11 is 6.56. The molecule has 0 bridgehead atoms. The number of nitriles is 1. The second-order valence-corrected chi connectivity index (χ2v) is 14.7. The molecular formula is C40H40ClFN6O4. The lowest BCUT2D eigenvalue weighted by Crippen LogP contribution is -2.52. The number of hydrogen-bond donors (Lipinski definition) is 2. The highest BCUT2D eigenvalue weighted by Gasteiger charge is 2.39. The number of halogens is 2. The van der Waals surface area contributed by atoms with E-state index in [1.807, 2.05) is 26.0 Å². The highest BCUT2D eigenvalue weighted by atomic mass is 35.5. The number of nitrogens with zero attached hydrogens (tertiary/aromatic N) is 4. The number of amides is 3. The molecule has 1 saturated heterocycles. The molecule has 0 radical (unpaired) electrons. The number of fused-ring (bicyclic) bond motifs is 1. The summed E-state index contributed by atoms with van der Waals surface area (Å²) in [5.41, 5.74) is 7.58. The van der Waals surface area contributed by atoms with E-state index in [-0.39, 0.29) is 30.9 Å². The Kier molecular flexibility index (Phi) is 9.77. The van der Waals surface area contributed by atoms with E-state index in [0.717, 1.165) is 71.7 Å². The summed E-state index contributed by atoms with van der Waals surface area (Å²) in [7, 11) is 0. The maximum atomic E-state index is 15.3. The average molecular weight is 723 g/mol. The second-order valence-electron chi connectivity index (χ2n) is 14.2. The molecule has 2 fully saturated rings. The molecule has 0 spiro atoms. The van der Waals surface area contributed by atoms with E-state index in [2.05, 4.69) is 51.9 Å². The van der Waals surface area contributed by atoms with E-state index < -0.39 is 23.7 Å². The average Bonchev–Trinajstić information content (AvgIpc) is 3.63. The molecule has 1 atom stereocenters. The van der Waals surface area contributed by atoms with Crippen LogP contribution < -0.4 is 15.5 Å². The molecule has 3 heterocycles. The first kappa shape index (κ1) is 35.2. The summed E-state index contributed by atoms with van der Waals surface area (Å²) in [6, 6.07) is 16.3. The third-order valence-corrected chi connectivity index (χ3v) is 11.1. The van der Waals surface area contributed by atoms with Gasteiger partial charge in [0.2, 0.25) is 11.8 Å². The Morgan fingerprint density at radius 2 is 1.81 bits per heavy atom. The molecule has 1 unspecified atom stereocenters. The molecule has 1 saturated carbocycles. The predicted octanol–water partition coefficient (Wildman–Crippen LogP) is 7.75. The van der Waals surface area contributed by atoms with Gasteiger partial charge >= 0.3 is 0 Å². The van der Waals surface area contributed by atoms with Gasteiger partial charge in [0, 0.05) is 48.6 Å². The zero-order chi connectivity index (χ0) is 36.7. The number of hydrogen-bond acceptors (Lipinski definition) is 8. The van der Waals surface area contributed by atoms with Gasteiger partial charge in [0.05, 0.1) is 22.0 Å². The molecule has 2 aliphatic heterocycles. The minimum absolute atomic E-state index is 0.165. The first-order valence-corrected chi connectivity index (χ1v) is 18.1. The van der Waals surface area contributed by atoms with Crippen molar-refractivity contribution in [2.24, 2.45) is 11.8 Å². The zero-order valence-electron chi connectivity index (χ0n) is 29.4. The highest BCUT2D eigenvalue weighted by molar-refractivity contribution is 6.32. The molecule has 3 aromatic carbocycles. The van der Waals surface area contributed by atoms with Gasteiger partial charge in [-0.05, 0) is 118 Å². The minimum atomic E-state index is -0.743. The molecular weight excluding hydrogens is 683 g/mol. The maximum absolute atomic E-state index is 15.3. The van der Waals surface area contributed by atoms with E-state index in [1.54, 1.807) is 12.1 Å². The van der Waals surface area contributed by atoms with E-state index in [0.29, 0.717) is 40.2 Å². The summed E-state index contributed by atoms with van der Waals surface area (Å²) in [5, 5.41) is 19.7. The van der Waals surface area contributed by atoms with Gasteiger partial charge in [-0.25, -0.2) is 4.39 Å². The largest absolute Gasteiger partial charge is 0.382 e. The van der Waals surface area contributed by atoms with Crippen LogP contribution in [0, 0.1) is 49.8 Å². The van der Waals surface area contributed by atoms with Crippen LogP contribution in [-0.2, 0) is 16.1 Å². The van der Waals surface area contributed by atoms with Crippen molar-refractivity contribution >= 4 is 46.4 Å². The number of imide groups is 1. The number of rotatable bonds is 9. The van der Waals surface area contributed by atoms with Crippen molar-refractivity contribution in [3.63, 3.8) is 0 Å². The fraction of sp³-hybridized carbons (Fsp3) is 0.375. The van der Waals surface area contributed by atoms with Gasteiger partial charge in [-0.3, -0.25) is 19.7 Å². The van der Waals surface area contributed by atoms with Crippen LogP contribution in [0.1, 0.15) is 77.0 Å². The van der Waals surface area contributed by atoms with Crippen LogP contribution in [0.25, 0.3) is 11.1 Å². The van der Waals surface area contributed by atoms with Crippen LogP contribution in [0.5, 0.6) is 0 Å². The number of carbonyl (C=O) groups excluding carboxylic acids is 3. The number of anilines is 3. The third kappa shape index (κ3) is 6.87. The molecule has 1 aliphatic carbocycles. The Balaban J connectivity index is 1.03. The van der Waals surface area contributed by atoms with Crippen molar-refractivity contribution < 1.29 is 23.3 Å². The van der Waals surface area contributed by atoms with Crippen molar-refractivity contribution in [2.45, 2.75) is 71.9 Å². The first-order valence-electron chi connectivity index (χ1n) is 17.7. The Hall–Kier alpha value is -5.21. The standard InChI is InChI=1S/C40H40ClFN6O4/c1-22-4-9-27(38-23(2)46-52-24(38)3)15-36(22)47(30-11-10-28(18-43)32(41)16-30)20-26-7-5-25(6-8-26)19-44-34-14-29-21-48(40(51)31(29)17-33(34)42)35-12-13-37(49)45-39(35)50/h4,9-11,14-17,25-26,35,44H,5-8,12-13,19-21H2,1-3H3,(H,45,49,50). The van der Waals surface area contributed by atoms with Crippen LogP contribution in [-0.4, -0.2) is 46.9 Å². The summed E-state index contributed by atoms with van der Waals surface area (Å²) in [6.45, 7) is 7.49. The SMILES string of the molecule is Cc1ccc(-c2c(C)noc2C)cc1N(CC1CCC(CNc2cc3c(cc2F)C(=O)N(C2CCC(=O)NC2=O)C3)CC1)c1ccc(C#N)c(Cl)c1. The van der Waals surface area contributed by atoms with Crippen molar-refractivity contribution in [1.29, 1.82) is 5.26 Å². The van der Waals surface area contributed by atoms with Gasteiger partial charge in [0.15, 0.2) is 0 Å². The fourth-order valence-corrected chi connectivity index (χ4v) is 8.13. The molecule has 12 heteroatoms. The number of piperidine rings is 1. The molecule has 52 heavy (non-hydrogen) atoms. The highest BCUT2D eigenvalue weighted by Crippen LogP contribution is 2.39. The second kappa shape index (κ2) is 14.4. The molecule has 1 aromatic heterocycles. The molecule has 2 N–H and O–H groups in total.